The number of benzene rings is 1. The Morgan fingerprint density at radius 1 is 1.12 bits per heavy atom. The van der Waals surface area contributed by atoms with E-state index in [0.29, 0.717) is 31.7 Å². The first-order valence-corrected chi connectivity index (χ1v) is 11.7. The van der Waals surface area contributed by atoms with Crippen LogP contribution in [0.2, 0.25) is 0 Å². The molecule has 1 aliphatic carbocycles. The van der Waals surface area contributed by atoms with E-state index in [9.17, 15) is 4.79 Å². The van der Waals surface area contributed by atoms with Crippen molar-refractivity contribution in [3.05, 3.63) is 36.5 Å². The SMILES string of the molecule is COCOc1ccccc1-c1cc(N2CCC(OC3CCCCC3)(C(=O)OC)CC2)cnn1. The van der Waals surface area contributed by atoms with Crippen LogP contribution in [0.5, 0.6) is 5.75 Å². The number of para-hydroxylation sites is 1. The van der Waals surface area contributed by atoms with Gasteiger partial charge in [-0.15, -0.1) is 0 Å². The molecular formula is C25H33N3O5. The van der Waals surface area contributed by atoms with Crippen LogP contribution in [0, 0.1) is 0 Å². The number of methoxy groups -OCH3 is 2. The van der Waals surface area contributed by atoms with E-state index in [1.807, 2.05) is 30.3 Å². The van der Waals surface area contributed by atoms with Crippen LogP contribution < -0.4 is 9.64 Å². The van der Waals surface area contributed by atoms with Crippen LogP contribution in [0.4, 0.5) is 5.69 Å². The third kappa shape index (κ3) is 5.45. The highest BCUT2D eigenvalue weighted by atomic mass is 16.7. The molecule has 0 N–H and O–H groups in total. The van der Waals surface area contributed by atoms with E-state index < -0.39 is 5.60 Å². The van der Waals surface area contributed by atoms with Crippen LogP contribution in [0.25, 0.3) is 11.3 Å². The summed E-state index contributed by atoms with van der Waals surface area (Å²) in [6.07, 6.45) is 8.68. The van der Waals surface area contributed by atoms with Crippen molar-refractivity contribution in [3.8, 4) is 17.0 Å². The molecule has 8 heteroatoms. The zero-order valence-electron chi connectivity index (χ0n) is 19.5. The number of carbonyl (C=O) groups excluding carboxylic acids is 1. The maximum atomic E-state index is 12.8. The van der Waals surface area contributed by atoms with Crippen molar-refractivity contribution in [1.29, 1.82) is 0 Å². The highest BCUT2D eigenvalue weighted by molar-refractivity contribution is 5.80. The minimum Gasteiger partial charge on any atom is -0.467 e. The van der Waals surface area contributed by atoms with Crippen LogP contribution in [-0.4, -0.2) is 62.0 Å². The number of aromatic nitrogens is 2. The summed E-state index contributed by atoms with van der Waals surface area (Å²) in [6.45, 7) is 1.51. The number of carbonyl (C=O) groups is 1. The zero-order valence-corrected chi connectivity index (χ0v) is 19.5. The molecule has 1 aromatic carbocycles. The molecule has 2 aliphatic rings. The Balaban J connectivity index is 1.49. The smallest absolute Gasteiger partial charge is 0.338 e. The van der Waals surface area contributed by atoms with E-state index in [4.69, 9.17) is 18.9 Å². The normalized spacial score (nSPS) is 18.7. The number of nitrogens with zero attached hydrogens (tertiary/aromatic N) is 3. The third-order valence-corrected chi connectivity index (χ3v) is 6.57. The second-order valence-electron chi connectivity index (χ2n) is 8.70. The van der Waals surface area contributed by atoms with Crippen LogP contribution >= 0.6 is 0 Å². The van der Waals surface area contributed by atoms with Crippen molar-refractivity contribution in [2.24, 2.45) is 0 Å². The van der Waals surface area contributed by atoms with Gasteiger partial charge in [0.2, 0.25) is 0 Å². The molecule has 178 valence electrons. The molecule has 1 saturated carbocycles. The summed E-state index contributed by atoms with van der Waals surface area (Å²) in [5, 5.41) is 8.56. The Labute approximate surface area is 195 Å². The van der Waals surface area contributed by atoms with E-state index in [2.05, 4.69) is 15.1 Å². The average Bonchev–Trinajstić information content (AvgIpc) is 2.88. The van der Waals surface area contributed by atoms with Gasteiger partial charge in [0.25, 0.3) is 0 Å². The number of ether oxygens (including phenoxy) is 4. The van der Waals surface area contributed by atoms with Gasteiger partial charge in [0.1, 0.15) is 5.75 Å². The lowest BCUT2D eigenvalue weighted by Crippen LogP contribution is -2.53. The second kappa shape index (κ2) is 10.9. The molecule has 4 rings (SSSR count). The van der Waals surface area contributed by atoms with Gasteiger partial charge in [-0.2, -0.15) is 10.2 Å². The average molecular weight is 456 g/mol. The highest BCUT2D eigenvalue weighted by Crippen LogP contribution is 2.36. The molecule has 1 aromatic heterocycles. The Kier molecular flexibility index (Phi) is 7.77. The fourth-order valence-electron chi connectivity index (χ4n) is 4.77. The van der Waals surface area contributed by atoms with Crippen molar-refractivity contribution in [3.63, 3.8) is 0 Å². The molecule has 1 saturated heterocycles. The maximum Gasteiger partial charge on any atom is 0.338 e. The molecule has 8 nitrogen and oxygen atoms in total. The van der Waals surface area contributed by atoms with E-state index in [1.54, 1.807) is 13.3 Å². The van der Waals surface area contributed by atoms with Gasteiger partial charge in [0.05, 0.1) is 30.8 Å². The summed E-state index contributed by atoms with van der Waals surface area (Å²) < 4.78 is 22.3. The van der Waals surface area contributed by atoms with Gasteiger partial charge < -0.3 is 23.8 Å². The lowest BCUT2D eigenvalue weighted by atomic mass is 9.89. The summed E-state index contributed by atoms with van der Waals surface area (Å²) in [4.78, 5) is 15.0. The Bertz CT molecular complexity index is 924. The lowest BCUT2D eigenvalue weighted by molar-refractivity contribution is -0.184. The minimum absolute atomic E-state index is 0.141. The first-order chi connectivity index (χ1) is 16.1. The van der Waals surface area contributed by atoms with Gasteiger partial charge in [-0.1, -0.05) is 31.4 Å². The van der Waals surface area contributed by atoms with Gasteiger partial charge in [-0.05, 0) is 31.0 Å². The van der Waals surface area contributed by atoms with Gasteiger partial charge in [0, 0.05) is 38.6 Å². The van der Waals surface area contributed by atoms with Crippen LogP contribution in [0.1, 0.15) is 44.9 Å². The summed E-state index contributed by atoms with van der Waals surface area (Å²) in [7, 11) is 3.04. The van der Waals surface area contributed by atoms with Gasteiger partial charge in [0.15, 0.2) is 12.4 Å². The molecule has 0 bridgehead atoms. The molecule has 0 spiro atoms. The van der Waals surface area contributed by atoms with Crippen LogP contribution in [-0.2, 0) is 19.0 Å². The zero-order chi connectivity index (χ0) is 23.1. The molecule has 0 amide bonds. The molecule has 2 heterocycles. The Morgan fingerprint density at radius 2 is 1.88 bits per heavy atom. The molecule has 2 fully saturated rings. The largest absolute Gasteiger partial charge is 0.467 e. The van der Waals surface area contributed by atoms with Crippen molar-refractivity contribution in [2.75, 3.05) is 39.0 Å². The van der Waals surface area contributed by atoms with Gasteiger partial charge in [-0.25, -0.2) is 4.79 Å². The fourth-order valence-corrected chi connectivity index (χ4v) is 4.77. The standard InChI is InChI=1S/C25H33N3O5/c1-30-18-32-23-11-7-6-10-21(23)22-16-19(17-26-27-22)28-14-12-25(13-15-28,24(29)31-2)33-20-8-4-3-5-9-20/h6-7,10-11,16-17,20H,3-5,8-9,12-15,18H2,1-2H3. The van der Waals surface area contributed by atoms with Crippen LogP contribution in [0.3, 0.4) is 0 Å². The molecule has 1 aliphatic heterocycles. The quantitative estimate of drug-likeness (QED) is 0.437. The van der Waals surface area contributed by atoms with E-state index in [1.165, 1.54) is 13.5 Å². The minimum atomic E-state index is -0.864. The number of anilines is 1. The van der Waals surface area contributed by atoms with E-state index in [-0.39, 0.29) is 18.9 Å². The Hall–Kier alpha value is -2.71. The number of hydrogen-bond donors (Lipinski definition) is 0. The molecule has 33 heavy (non-hydrogen) atoms. The van der Waals surface area contributed by atoms with Gasteiger partial charge >= 0.3 is 5.97 Å². The summed E-state index contributed by atoms with van der Waals surface area (Å²) >= 11 is 0. The molecule has 0 radical (unpaired) electrons. The first-order valence-electron chi connectivity index (χ1n) is 11.7. The molecule has 2 aromatic rings. The molecular weight excluding hydrogens is 422 g/mol. The summed E-state index contributed by atoms with van der Waals surface area (Å²) in [5.41, 5.74) is 1.67. The lowest BCUT2D eigenvalue weighted by Gasteiger charge is -2.42. The van der Waals surface area contributed by atoms with Crippen molar-refractivity contribution < 1.29 is 23.7 Å². The number of piperidine rings is 1. The van der Waals surface area contributed by atoms with Crippen molar-refractivity contribution in [2.45, 2.75) is 56.7 Å². The number of rotatable bonds is 8. The number of esters is 1. The van der Waals surface area contributed by atoms with Crippen molar-refractivity contribution >= 4 is 11.7 Å². The van der Waals surface area contributed by atoms with Crippen molar-refractivity contribution in [1.82, 2.24) is 10.2 Å². The summed E-state index contributed by atoms with van der Waals surface area (Å²) in [6, 6.07) is 9.70. The highest BCUT2D eigenvalue weighted by Gasteiger charge is 2.45. The topological polar surface area (TPSA) is 83.0 Å². The second-order valence-corrected chi connectivity index (χ2v) is 8.70. The first kappa shape index (κ1) is 23.4. The van der Waals surface area contributed by atoms with E-state index >= 15 is 0 Å². The van der Waals surface area contributed by atoms with Gasteiger partial charge in [-0.3, -0.25) is 0 Å². The number of hydrogen-bond acceptors (Lipinski definition) is 8. The predicted octanol–water partition coefficient (Wildman–Crippen LogP) is 3.99. The summed E-state index contributed by atoms with van der Waals surface area (Å²) in [5.74, 6) is 0.431. The monoisotopic (exact) mass is 455 g/mol. The van der Waals surface area contributed by atoms with E-state index in [0.717, 1.165) is 42.6 Å². The predicted molar refractivity (Wildman–Crippen MR) is 124 cm³/mol. The third-order valence-electron chi connectivity index (χ3n) is 6.57. The van der Waals surface area contributed by atoms with Crippen LogP contribution in [0.15, 0.2) is 36.5 Å². The maximum absolute atomic E-state index is 12.8. The Morgan fingerprint density at radius 3 is 2.61 bits per heavy atom. The molecule has 0 atom stereocenters. The molecule has 0 unspecified atom stereocenters. The fraction of sp³-hybridized carbons (Fsp3) is 0.560.